The molecular weight excluding hydrogens is 410 g/mol. The van der Waals surface area contributed by atoms with Crippen LogP contribution in [0.2, 0.25) is 0 Å². The lowest BCUT2D eigenvalue weighted by atomic mass is 10.1. The molecule has 0 aromatic heterocycles. The highest BCUT2D eigenvalue weighted by Gasteiger charge is 2.30. The van der Waals surface area contributed by atoms with E-state index < -0.39 is 6.04 Å². The molecular formula is C23H27N5O4. The van der Waals surface area contributed by atoms with Crippen LogP contribution in [0.4, 0.5) is 11.4 Å². The highest BCUT2D eigenvalue weighted by molar-refractivity contribution is 6.06. The van der Waals surface area contributed by atoms with Gasteiger partial charge in [0.2, 0.25) is 17.8 Å². The summed E-state index contributed by atoms with van der Waals surface area (Å²) in [6.07, 6.45) is 0.0251. The summed E-state index contributed by atoms with van der Waals surface area (Å²) in [6, 6.07) is 14.2. The topological polar surface area (TPSA) is 95.5 Å². The zero-order valence-electron chi connectivity index (χ0n) is 18.2. The molecule has 1 saturated heterocycles. The maximum atomic E-state index is 12.7. The Kier molecular flexibility index (Phi) is 6.44. The molecule has 9 nitrogen and oxygen atoms in total. The minimum atomic E-state index is -0.763. The summed E-state index contributed by atoms with van der Waals surface area (Å²) >= 11 is 0. The molecule has 2 heterocycles. The van der Waals surface area contributed by atoms with Gasteiger partial charge in [0.15, 0.2) is 0 Å². The number of nitrogens with one attached hydrogen (secondary N) is 2. The van der Waals surface area contributed by atoms with Gasteiger partial charge in [0, 0.05) is 37.6 Å². The Labute approximate surface area is 187 Å². The standard InChI is InChI=1S/C23H27N5O4/c1-31-18-7-3-16(4-8-18)24-22(30)20-15-21(29)26-23(25-20)28-13-11-27(12-14-28)17-5-9-19(32-2)10-6-17/h3-10,20H,11-15H2,1-2H3,(H,24,30)(H,25,26,29)/t20-/m1/s1. The minimum Gasteiger partial charge on any atom is -0.497 e. The molecule has 2 aliphatic rings. The molecule has 2 aromatic carbocycles. The summed E-state index contributed by atoms with van der Waals surface area (Å²) in [6.45, 7) is 2.95. The molecule has 2 amide bonds. The van der Waals surface area contributed by atoms with Crippen LogP contribution in [0.5, 0.6) is 11.5 Å². The number of anilines is 2. The van der Waals surface area contributed by atoms with E-state index in [1.54, 1.807) is 38.5 Å². The molecule has 1 fully saturated rings. The fourth-order valence-electron chi connectivity index (χ4n) is 3.76. The van der Waals surface area contributed by atoms with Gasteiger partial charge >= 0.3 is 0 Å². The molecule has 0 bridgehead atoms. The van der Waals surface area contributed by atoms with Crippen LogP contribution in [0.1, 0.15) is 6.42 Å². The van der Waals surface area contributed by atoms with Crippen molar-refractivity contribution in [1.29, 1.82) is 0 Å². The molecule has 1 atom stereocenters. The van der Waals surface area contributed by atoms with E-state index >= 15 is 0 Å². The van der Waals surface area contributed by atoms with Crippen LogP contribution < -0.4 is 25.0 Å². The third-order valence-corrected chi connectivity index (χ3v) is 5.59. The summed E-state index contributed by atoms with van der Waals surface area (Å²) in [7, 11) is 3.23. The Morgan fingerprint density at radius 1 is 0.938 bits per heavy atom. The number of aliphatic imine (C=N–C) groups is 1. The van der Waals surface area contributed by atoms with Gasteiger partial charge in [-0.05, 0) is 48.5 Å². The van der Waals surface area contributed by atoms with E-state index in [9.17, 15) is 9.59 Å². The van der Waals surface area contributed by atoms with Gasteiger partial charge in [-0.3, -0.25) is 14.9 Å². The van der Waals surface area contributed by atoms with E-state index in [1.807, 2.05) is 29.2 Å². The first-order valence-electron chi connectivity index (χ1n) is 10.5. The first-order chi connectivity index (χ1) is 15.6. The molecule has 2 aromatic rings. The van der Waals surface area contributed by atoms with Gasteiger partial charge in [-0.2, -0.15) is 0 Å². The van der Waals surface area contributed by atoms with Gasteiger partial charge < -0.3 is 24.6 Å². The molecule has 2 N–H and O–H groups in total. The predicted molar refractivity (Wildman–Crippen MR) is 122 cm³/mol. The van der Waals surface area contributed by atoms with Crippen LogP contribution in [0.15, 0.2) is 53.5 Å². The van der Waals surface area contributed by atoms with Crippen LogP contribution in [-0.2, 0) is 9.59 Å². The lowest BCUT2D eigenvalue weighted by Gasteiger charge is -2.38. The second kappa shape index (κ2) is 9.59. The fraction of sp³-hybridized carbons (Fsp3) is 0.348. The molecule has 0 aliphatic carbocycles. The molecule has 0 saturated carbocycles. The maximum Gasteiger partial charge on any atom is 0.249 e. The second-order valence-corrected chi connectivity index (χ2v) is 7.61. The number of benzene rings is 2. The first-order valence-corrected chi connectivity index (χ1v) is 10.5. The number of carbonyl (C=O) groups is 2. The molecule has 4 rings (SSSR count). The number of hydrogen-bond donors (Lipinski definition) is 2. The quantitative estimate of drug-likeness (QED) is 0.740. The number of carbonyl (C=O) groups excluding carboxylic acids is 2. The monoisotopic (exact) mass is 437 g/mol. The van der Waals surface area contributed by atoms with Gasteiger partial charge in [-0.1, -0.05) is 0 Å². The number of piperazine rings is 1. The Bertz CT molecular complexity index is 982. The van der Waals surface area contributed by atoms with Gasteiger partial charge in [-0.15, -0.1) is 0 Å². The number of amides is 2. The van der Waals surface area contributed by atoms with E-state index in [1.165, 1.54) is 0 Å². The van der Waals surface area contributed by atoms with Gasteiger partial charge in [0.25, 0.3) is 0 Å². The van der Waals surface area contributed by atoms with E-state index in [-0.39, 0.29) is 18.2 Å². The van der Waals surface area contributed by atoms with Crippen molar-refractivity contribution >= 4 is 29.1 Å². The van der Waals surface area contributed by atoms with E-state index in [0.717, 1.165) is 24.5 Å². The lowest BCUT2D eigenvalue weighted by molar-refractivity contribution is -0.125. The molecule has 32 heavy (non-hydrogen) atoms. The van der Waals surface area contributed by atoms with Crippen molar-refractivity contribution in [3.8, 4) is 11.5 Å². The Hall–Kier alpha value is -3.75. The van der Waals surface area contributed by atoms with Crippen molar-refractivity contribution in [2.24, 2.45) is 4.99 Å². The van der Waals surface area contributed by atoms with Crippen LogP contribution in [-0.4, -0.2) is 69.1 Å². The summed E-state index contributed by atoms with van der Waals surface area (Å²) in [5.74, 6) is 1.48. The van der Waals surface area contributed by atoms with E-state index in [2.05, 4.69) is 20.5 Å². The largest absolute Gasteiger partial charge is 0.497 e. The Balaban J connectivity index is 1.38. The zero-order chi connectivity index (χ0) is 22.5. The minimum absolute atomic E-state index is 0.0251. The first kappa shape index (κ1) is 21.5. The third-order valence-electron chi connectivity index (χ3n) is 5.59. The Morgan fingerprint density at radius 3 is 2.09 bits per heavy atom. The second-order valence-electron chi connectivity index (χ2n) is 7.61. The van der Waals surface area contributed by atoms with E-state index in [4.69, 9.17) is 9.47 Å². The van der Waals surface area contributed by atoms with Crippen LogP contribution >= 0.6 is 0 Å². The van der Waals surface area contributed by atoms with Crippen molar-refractivity contribution in [2.75, 3.05) is 50.6 Å². The SMILES string of the molecule is COc1ccc(NC(=O)[C@H]2CC(=O)NC(N3CCN(c4ccc(OC)cc4)CC3)=N2)cc1. The van der Waals surface area contributed by atoms with Gasteiger partial charge in [0.1, 0.15) is 17.5 Å². The normalized spacial score (nSPS) is 18.5. The number of guanidine groups is 1. The average molecular weight is 438 g/mol. The molecule has 168 valence electrons. The van der Waals surface area contributed by atoms with Gasteiger partial charge in [-0.25, -0.2) is 4.99 Å². The highest BCUT2D eigenvalue weighted by Crippen LogP contribution is 2.21. The molecule has 0 spiro atoms. The number of hydrogen-bond acceptors (Lipinski definition) is 7. The van der Waals surface area contributed by atoms with Crippen molar-refractivity contribution in [3.05, 3.63) is 48.5 Å². The smallest absolute Gasteiger partial charge is 0.249 e. The Morgan fingerprint density at radius 2 is 1.50 bits per heavy atom. The van der Waals surface area contributed by atoms with Crippen molar-refractivity contribution < 1.29 is 19.1 Å². The number of methoxy groups -OCH3 is 2. The molecule has 2 aliphatic heterocycles. The number of nitrogens with zero attached hydrogens (tertiary/aromatic N) is 3. The fourth-order valence-corrected chi connectivity index (χ4v) is 3.76. The van der Waals surface area contributed by atoms with Crippen LogP contribution in [0.3, 0.4) is 0 Å². The van der Waals surface area contributed by atoms with Crippen molar-refractivity contribution in [3.63, 3.8) is 0 Å². The van der Waals surface area contributed by atoms with Crippen LogP contribution in [0.25, 0.3) is 0 Å². The maximum absolute atomic E-state index is 12.7. The van der Waals surface area contributed by atoms with Crippen molar-refractivity contribution in [2.45, 2.75) is 12.5 Å². The summed E-state index contributed by atoms with van der Waals surface area (Å²) in [5, 5.41) is 5.65. The van der Waals surface area contributed by atoms with Crippen LogP contribution in [0, 0.1) is 0 Å². The number of rotatable bonds is 5. The summed E-state index contributed by atoms with van der Waals surface area (Å²) in [5.41, 5.74) is 1.75. The molecule has 0 unspecified atom stereocenters. The lowest BCUT2D eigenvalue weighted by Crippen LogP contribution is -2.56. The predicted octanol–water partition coefficient (Wildman–Crippen LogP) is 1.71. The summed E-state index contributed by atoms with van der Waals surface area (Å²) in [4.78, 5) is 33.8. The summed E-state index contributed by atoms with van der Waals surface area (Å²) < 4.78 is 10.3. The van der Waals surface area contributed by atoms with Gasteiger partial charge in [0.05, 0.1) is 20.6 Å². The molecule has 9 heteroatoms. The number of ether oxygens (including phenoxy) is 2. The zero-order valence-corrected chi connectivity index (χ0v) is 18.2. The average Bonchev–Trinajstić information content (AvgIpc) is 2.84. The van der Waals surface area contributed by atoms with E-state index in [0.29, 0.717) is 30.5 Å². The third kappa shape index (κ3) is 4.93. The highest BCUT2D eigenvalue weighted by atomic mass is 16.5. The molecule has 0 radical (unpaired) electrons. The van der Waals surface area contributed by atoms with Crippen molar-refractivity contribution in [1.82, 2.24) is 10.2 Å².